The molecule has 2 rings (SSSR count). The molecule has 19 heavy (non-hydrogen) atoms. The second kappa shape index (κ2) is 5.71. The molecule has 1 aromatic heterocycles. The Morgan fingerprint density at radius 2 is 2.00 bits per heavy atom. The Morgan fingerprint density at radius 1 is 1.32 bits per heavy atom. The molecule has 0 aliphatic carbocycles. The van der Waals surface area contributed by atoms with Gasteiger partial charge in [-0.3, -0.25) is 0 Å². The van der Waals surface area contributed by atoms with Crippen molar-refractivity contribution in [3.05, 3.63) is 58.7 Å². The van der Waals surface area contributed by atoms with Gasteiger partial charge in [-0.25, -0.2) is 9.78 Å². The molecule has 1 aromatic carbocycles. The second-order valence-corrected chi connectivity index (χ2v) is 4.38. The van der Waals surface area contributed by atoms with Crippen LogP contribution in [0.15, 0.2) is 42.5 Å². The van der Waals surface area contributed by atoms with Crippen molar-refractivity contribution < 1.29 is 14.6 Å². The lowest BCUT2D eigenvalue weighted by Gasteiger charge is -2.14. The van der Waals surface area contributed by atoms with E-state index in [0.717, 1.165) is 5.56 Å². The van der Waals surface area contributed by atoms with E-state index in [1.165, 1.54) is 12.1 Å². The molecule has 2 aromatic rings. The molecule has 4 nitrogen and oxygen atoms in total. The number of rotatable bonds is 4. The molecule has 0 saturated carbocycles. The highest BCUT2D eigenvalue weighted by Crippen LogP contribution is 2.22. The van der Waals surface area contributed by atoms with Crippen molar-refractivity contribution in [3.63, 3.8) is 0 Å². The van der Waals surface area contributed by atoms with Crippen LogP contribution in [-0.4, -0.2) is 16.1 Å². The maximum atomic E-state index is 10.9. The summed E-state index contributed by atoms with van der Waals surface area (Å²) in [6, 6.07) is 12.2. The van der Waals surface area contributed by atoms with Gasteiger partial charge in [-0.05, 0) is 18.6 Å². The lowest BCUT2D eigenvalue weighted by molar-refractivity contribution is 0.0695. The quantitative estimate of drug-likeness (QED) is 0.868. The van der Waals surface area contributed by atoms with E-state index in [9.17, 15) is 4.79 Å². The van der Waals surface area contributed by atoms with E-state index in [4.69, 9.17) is 21.4 Å². The first-order valence-electron chi connectivity index (χ1n) is 5.69. The zero-order chi connectivity index (χ0) is 13.8. The van der Waals surface area contributed by atoms with Crippen LogP contribution in [0.4, 0.5) is 0 Å². The summed E-state index contributed by atoms with van der Waals surface area (Å²) >= 11 is 5.77. The van der Waals surface area contributed by atoms with E-state index >= 15 is 0 Å². The third-order valence-corrected chi connectivity index (χ3v) is 2.78. The molecule has 1 N–H and O–H groups in total. The molecule has 0 amide bonds. The van der Waals surface area contributed by atoms with Crippen LogP contribution in [0.3, 0.4) is 0 Å². The molecule has 98 valence electrons. The van der Waals surface area contributed by atoms with Gasteiger partial charge in [0.15, 0.2) is 0 Å². The third kappa shape index (κ3) is 3.45. The number of ether oxygens (including phenoxy) is 1. The van der Waals surface area contributed by atoms with Crippen molar-refractivity contribution in [3.8, 4) is 5.88 Å². The van der Waals surface area contributed by atoms with Gasteiger partial charge in [0.1, 0.15) is 11.3 Å². The number of halogens is 1. The Balaban J connectivity index is 2.21. The normalized spacial score (nSPS) is 11.9. The smallest absolute Gasteiger partial charge is 0.335 e. The fourth-order valence-corrected chi connectivity index (χ4v) is 1.83. The molecule has 0 radical (unpaired) electrons. The number of pyridine rings is 1. The molecule has 0 spiro atoms. The van der Waals surface area contributed by atoms with Crippen LogP contribution < -0.4 is 4.74 Å². The van der Waals surface area contributed by atoms with Gasteiger partial charge in [-0.1, -0.05) is 41.9 Å². The van der Waals surface area contributed by atoms with Crippen LogP contribution >= 0.6 is 11.6 Å². The predicted molar refractivity (Wildman–Crippen MR) is 71.7 cm³/mol. The van der Waals surface area contributed by atoms with Gasteiger partial charge in [-0.15, -0.1) is 0 Å². The zero-order valence-corrected chi connectivity index (χ0v) is 11.0. The molecular formula is C14H12ClNO3. The Kier molecular flexibility index (Phi) is 4.02. The van der Waals surface area contributed by atoms with Crippen molar-refractivity contribution >= 4 is 17.6 Å². The number of carbonyl (C=O) groups is 1. The van der Waals surface area contributed by atoms with Gasteiger partial charge in [0.05, 0.1) is 5.56 Å². The average Bonchev–Trinajstić information content (AvgIpc) is 2.39. The highest BCUT2D eigenvalue weighted by molar-refractivity contribution is 6.29. The van der Waals surface area contributed by atoms with Gasteiger partial charge < -0.3 is 9.84 Å². The van der Waals surface area contributed by atoms with E-state index in [1.807, 2.05) is 37.3 Å². The molecule has 0 bridgehead atoms. The SMILES string of the molecule is CC(Oc1cc(C(=O)O)cc(Cl)n1)c1ccccc1. The van der Waals surface area contributed by atoms with Gasteiger partial charge in [0.25, 0.3) is 0 Å². The van der Waals surface area contributed by atoms with Crippen LogP contribution in [0.1, 0.15) is 28.9 Å². The molecule has 0 aliphatic rings. The topological polar surface area (TPSA) is 59.4 Å². The molecular weight excluding hydrogens is 266 g/mol. The lowest BCUT2D eigenvalue weighted by atomic mass is 10.1. The van der Waals surface area contributed by atoms with Crippen LogP contribution in [0.25, 0.3) is 0 Å². The lowest BCUT2D eigenvalue weighted by Crippen LogP contribution is -2.06. The maximum Gasteiger partial charge on any atom is 0.335 e. The van der Waals surface area contributed by atoms with Gasteiger partial charge in [-0.2, -0.15) is 0 Å². The van der Waals surface area contributed by atoms with Gasteiger partial charge >= 0.3 is 5.97 Å². The average molecular weight is 278 g/mol. The van der Waals surface area contributed by atoms with Crippen molar-refractivity contribution in [2.24, 2.45) is 0 Å². The molecule has 1 atom stereocenters. The van der Waals surface area contributed by atoms with Crippen molar-refractivity contribution in [1.29, 1.82) is 0 Å². The first kappa shape index (κ1) is 13.4. The number of aromatic carboxylic acids is 1. The van der Waals surface area contributed by atoms with E-state index in [1.54, 1.807) is 0 Å². The van der Waals surface area contributed by atoms with Crippen molar-refractivity contribution in [2.45, 2.75) is 13.0 Å². The van der Waals surface area contributed by atoms with E-state index in [-0.39, 0.29) is 22.7 Å². The summed E-state index contributed by atoms with van der Waals surface area (Å²) in [5.74, 6) is -0.872. The number of hydrogen-bond acceptors (Lipinski definition) is 3. The van der Waals surface area contributed by atoms with Crippen LogP contribution in [0, 0.1) is 0 Å². The fourth-order valence-electron chi connectivity index (χ4n) is 1.63. The Labute approximate surface area is 115 Å². The summed E-state index contributed by atoms with van der Waals surface area (Å²) < 4.78 is 5.61. The highest BCUT2D eigenvalue weighted by Gasteiger charge is 2.12. The first-order valence-corrected chi connectivity index (χ1v) is 6.06. The van der Waals surface area contributed by atoms with Crippen LogP contribution in [-0.2, 0) is 0 Å². The van der Waals surface area contributed by atoms with Crippen LogP contribution in [0.2, 0.25) is 5.15 Å². The summed E-state index contributed by atoms with van der Waals surface area (Å²) in [5, 5.41) is 9.04. The van der Waals surface area contributed by atoms with Crippen LogP contribution in [0.5, 0.6) is 5.88 Å². The van der Waals surface area contributed by atoms with Crippen molar-refractivity contribution in [1.82, 2.24) is 4.98 Å². The summed E-state index contributed by atoms with van der Waals surface area (Å²) in [4.78, 5) is 14.9. The maximum absolute atomic E-state index is 10.9. The van der Waals surface area contributed by atoms with Gasteiger partial charge in [0.2, 0.25) is 5.88 Å². The standard InChI is InChI=1S/C14H12ClNO3/c1-9(10-5-3-2-4-6-10)19-13-8-11(14(17)18)7-12(15)16-13/h2-9H,1H3,(H,17,18). The number of hydrogen-bond donors (Lipinski definition) is 1. The summed E-state index contributed by atoms with van der Waals surface area (Å²) in [5.41, 5.74) is 1.02. The molecule has 0 aliphatic heterocycles. The molecule has 5 heteroatoms. The fraction of sp³-hybridized carbons (Fsp3) is 0.143. The predicted octanol–water partition coefficient (Wildman–Crippen LogP) is 3.57. The Bertz CT molecular complexity index is 586. The minimum Gasteiger partial charge on any atom is -0.478 e. The Morgan fingerprint density at radius 3 is 2.63 bits per heavy atom. The monoisotopic (exact) mass is 277 g/mol. The largest absolute Gasteiger partial charge is 0.478 e. The molecule has 0 fully saturated rings. The second-order valence-electron chi connectivity index (χ2n) is 3.99. The first-order chi connectivity index (χ1) is 9.06. The minimum atomic E-state index is -1.07. The number of carboxylic acid groups (broad SMARTS) is 1. The molecule has 1 heterocycles. The number of aromatic nitrogens is 1. The number of benzene rings is 1. The number of carboxylic acids is 1. The highest BCUT2D eigenvalue weighted by atomic mass is 35.5. The van der Waals surface area contributed by atoms with Crippen molar-refractivity contribution in [2.75, 3.05) is 0 Å². The van der Waals surface area contributed by atoms with E-state index in [0.29, 0.717) is 0 Å². The minimum absolute atomic E-state index is 0.0512. The Hall–Kier alpha value is -2.07. The summed E-state index contributed by atoms with van der Waals surface area (Å²) in [6.45, 7) is 1.86. The molecule has 1 unspecified atom stereocenters. The third-order valence-electron chi connectivity index (χ3n) is 2.58. The van der Waals surface area contributed by atoms with E-state index < -0.39 is 5.97 Å². The van der Waals surface area contributed by atoms with E-state index in [2.05, 4.69) is 4.98 Å². The number of nitrogens with zero attached hydrogens (tertiary/aromatic N) is 1. The summed E-state index contributed by atoms with van der Waals surface area (Å²) in [7, 11) is 0. The summed E-state index contributed by atoms with van der Waals surface area (Å²) in [6.07, 6.45) is -0.242. The van der Waals surface area contributed by atoms with Gasteiger partial charge in [0, 0.05) is 6.07 Å². The molecule has 0 saturated heterocycles. The zero-order valence-electron chi connectivity index (χ0n) is 10.2.